The van der Waals surface area contributed by atoms with Crippen LogP contribution in [0.4, 0.5) is 17.2 Å². The standard InChI is InChI=1S/C8H9N3O.C7H9ClN2O/c1-3-12-8-5-6(9)4-7(10-2)11-8;1-2-11-7-4-5(9)3-6(8)10-7/h4-5H,3H2,1H3,(H2,9,11);3-4H,2H2,1H3,(H2,9,10). The minimum Gasteiger partial charge on any atom is -0.478 e. The maximum absolute atomic E-state index is 6.72. The lowest BCUT2D eigenvalue weighted by atomic mass is 10.4. The number of halogens is 1. The van der Waals surface area contributed by atoms with Gasteiger partial charge in [0.2, 0.25) is 5.88 Å². The van der Waals surface area contributed by atoms with Crippen LogP contribution in [0.25, 0.3) is 4.85 Å². The summed E-state index contributed by atoms with van der Waals surface area (Å²) < 4.78 is 10.2. The lowest BCUT2D eigenvalue weighted by molar-refractivity contribution is 0.327. The van der Waals surface area contributed by atoms with Crippen molar-refractivity contribution in [1.82, 2.24) is 9.97 Å². The van der Waals surface area contributed by atoms with Crippen LogP contribution in [0.2, 0.25) is 5.15 Å². The van der Waals surface area contributed by atoms with Crippen LogP contribution in [0.1, 0.15) is 13.8 Å². The molecule has 0 saturated carbocycles. The third-order valence-corrected chi connectivity index (χ3v) is 2.50. The molecule has 0 aliphatic carbocycles. The maximum Gasteiger partial charge on any atom is 0.311 e. The van der Waals surface area contributed by atoms with E-state index in [0.29, 0.717) is 41.5 Å². The predicted molar refractivity (Wildman–Crippen MR) is 90.9 cm³/mol. The molecule has 2 aromatic heterocycles. The van der Waals surface area contributed by atoms with Crippen LogP contribution in [0, 0.1) is 6.57 Å². The molecule has 0 aliphatic heterocycles. The monoisotopic (exact) mass is 335 g/mol. The van der Waals surface area contributed by atoms with Crippen molar-refractivity contribution in [3.8, 4) is 11.8 Å². The van der Waals surface area contributed by atoms with E-state index in [2.05, 4.69) is 14.8 Å². The molecule has 0 spiro atoms. The number of rotatable bonds is 4. The third-order valence-electron chi connectivity index (χ3n) is 2.30. The van der Waals surface area contributed by atoms with E-state index in [9.17, 15) is 0 Å². The summed E-state index contributed by atoms with van der Waals surface area (Å²) in [7, 11) is 0. The van der Waals surface area contributed by atoms with E-state index in [4.69, 9.17) is 39.1 Å². The molecular weight excluding hydrogens is 318 g/mol. The Morgan fingerprint density at radius 3 is 2.00 bits per heavy atom. The lowest BCUT2D eigenvalue weighted by Gasteiger charge is -2.02. The number of nitrogens with two attached hydrogens (primary N) is 2. The number of aromatic nitrogens is 2. The summed E-state index contributed by atoms with van der Waals surface area (Å²) in [5, 5.41) is 0.355. The van der Waals surface area contributed by atoms with Crippen molar-refractivity contribution in [3.63, 3.8) is 0 Å². The van der Waals surface area contributed by atoms with Crippen molar-refractivity contribution in [2.45, 2.75) is 13.8 Å². The minimum atomic E-state index is 0.262. The zero-order chi connectivity index (χ0) is 17.2. The van der Waals surface area contributed by atoms with Crippen LogP contribution in [-0.4, -0.2) is 23.2 Å². The van der Waals surface area contributed by atoms with Gasteiger partial charge in [0, 0.05) is 23.5 Å². The average molecular weight is 336 g/mol. The van der Waals surface area contributed by atoms with Gasteiger partial charge >= 0.3 is 5.88 Å². The average Bonchev–Trinajstić information content (AvgIpc) is 2.47. The number of pyridine rings is 2. The van der Waals surface area contributed by atoms with E-state index >= 15 is 0 Å². The van der Waals surface area contributed by atoms with E-state index in [0.717, 1.165) is 0 Å². The second-order valence-corrected chi connectivity index (χ2v) is 4.52. The van der Waals surface area contributed by atoms with Crippen molar-refractivity contribution in [2.24, 2.45) is 0 Å². The summed E-state index contributed by atoms with van der Waals surface area (Å²) in [6, 6.07) is 6.31. The maximum atomic E-state index is 6.72. The lowest BCUT2D eigenvalue weighted by Crippen LogP contribution is -1.96. The second kappa shape index (κ2) is 9.33. The Hall–Kier alpha value is -2.72. The van der Waals surface area contributed by atoms with Gasteiger partial charge in [-0.3, -0.25) is 0 Å². The molecule has 0 atom stereocenters. The smallest absolute Gasteiger partial charge is 0.311 e. The molecule has 2 rings (SSSR count). The van der Waals surface area contributed by atoms with Crippen LogP contribution >= 0.6 is 11.6 Å². The molecule has 0 saturated heterocycles. The van der Waals surface area contributed by atoms with E-state index in [1.807, 2.05) is 13.8 Å². The van der Waals surface area contributed by atoms with Crippen LogP contribution in [0.5, 0.6) is 11.8 Å². The molecule has 2 aromatic rings. The minimum absolute atomic E-state index is 0.262. The van der Waals surface area contributed by atoms with Gasteiger partial charge in [0.25, 0.3) is 5.82 Å². The van der Waals surface area contributed by atoms with Gasteiger partial charge in [0.1, 0.15) is 5.15 Å². The highest BCUT2D eigenvalue weighted by molar-refractivity contribution is 6.29. The zero-order valence-corrected chi connectivity index (χ0v) is 13.7. The second-order valence-electron chi connectivity index (χ2n) is 4.14. The highest BCUT2D eigenvalue weighted by Gasteiger charge is 2.03. The quantitative estimate of drug-likeness (QED) is 0.656. The fourth-order valence-electron chi connectivity index (χ4n) is 1.50. The molecule has 0 aromatic carbocycles. The normalized spacial score (nSPS) is 9.30. The molecule has 7 nitrogen and oxygen atoms in total. The van der Waals surface area contributed by atoms with Crippen molar-refractivity contribution < 1.29 is 9.47 Å². The van der Waals surface area contributed by atoms with Gasteiger partial charge in [-0.25, -0.2) is 4.98 Å². The van der Waals surface area contributed by atoms with Gasteiger partial charge in [-0.15, -0.1) is 0 Å². The molecule has 0 fully saturated rings. The van der Waals surface area contributed by atoms with Crippen molar-refractivity contribution in [1.29, 1.82) is 0 Å². The van der Waals surface area contributed by atoms with Crippen molar-refractivity contribution >= 4 is 28.8 Å². The summed E-state index contributed by atoms with van der Waals surface area (Å²) in [5.41, 5.74) is 12.1. The number of nitrogens with zero attached hydrogens (tertiary/aromatic N) is 3. The van der Waals surface area contributed by atoms with Crippen LogP contribution < -0.4 is 20.9 Å². The van der Waals surface area contributed by atoms with E-state index in [1.54, 1.807) is 18.2 Å². The van der Waals surface area contributed by atoms with E-state index in [-0.39, 0.29) is 5.82 Å². The van der Waals surface area contributed by atoms with Gasteiger partial charge < -0.3 is 25.8 Å². The number of anilines is 2. The van der Waals surface area contributed by atoms with Crippen LogP contribution in [0.15, 0.2) is 24.3 Å². The molecule has 4 N–H and O–H groups in total. The number of nitrogen functional groups attached to an aromatic ring is 2. The Morgan fingerprint density at radius 2 is 1.52 bits per heavy atom. The zero-order valence-electron chi connectivity index (χ0n) is 12.9. The first-order valence-corrected chi connectivity index (χ1v) is 7.20. The molecule has 2 heterocycles. The summed E-state index contributed by atoms with van der Waals surface area (Å²) in [4.78, 5) is 10.9. The fourth-order valence-corrected chi connectivity index (χ4v) is 1.71. The molecule has 0 bridgehead atoms. The molecule has 0 amide bonds. The number of hydrogen-bond donors (Lipinski definition) is 2. The van der Waals surface area contributed by atoms with Crippen molar-refractivity contribution in [3.05, 3.63) is 40.8 Å². The Balaban J connectivity index is 0.000000231. The first-order chi connectivity index (χ1) is 11.0. The molecular formula is C15H18ClN5O2. The number of hydrogen-bond acceptors (Lipinski definition) is 6. The molecule has 8 heteroatoms. The SMILES string of the molecule is CCOc1cc(N)cc(Cl)n1.[C-]#[N+]c1cc(N)cc(OCC)n1. The van der Waals surface area contributed by atoms with Gasteiger partial charge in [-0.2, -0.15) is 0 Å². The first kappa shape index (κ1) is 18.3. The van der Waals surface area contributed by atoms with Gasteiger partial charge in [-0.1, -0.05) is 23.2 Å². The van der Waals surface area contributed by atoms with E-state index < -0.39 is 0 Å². The Kier molecular flexibility index (Phi) is 7.43. The van der Waals surface area contributed by atoms with Crippen LogP contribution in [0.3, 0.4) is 0 Å². The van der Waals surface area contributed by atoms with E-state index in [1.165, 1.54) is 6.07 Å². The molecule has 0 aliphatic rings. The topological polar surface area (TPSA) is 101 Å². The summed E-state index contributed by atoms with van der Waals surface area (Å²) in [6.07, 6.45) is 0. The Morgan fingerprint density at radius 1 is 1.00 bits per heavy atom. The predicted octanol–water partition coefficient (Wildman–Crippen LogP) is 3.33. The molecule has 0 unspecified atom stereocenters. The first-order valence-electron chi connectivity index (χ1n) is 6.82. The number of ether oxygens (including phenoxy) is 2. The summed E-state index contributed by atoms with van der Waals surface area (Å²) in [5.74, 6) is 1.14. The summed E-state index contributed by atoms with van der Waals surface area (Å²) in [6.45, 7) is 11.5. The largest absolute Gasteiger partial charge is 0.478 e. The Bertz CT molecular complexity index is 668. The van der Waals surface area contributed by atoms with Crippen LogP contribution in [-0.2, 0) is 0 Å². The highest BCUT2D eigenvalue weighted by atomic mass is 35.5. The molecule has 0 radical (unpaired) electrons. The highest BCUT2D eigenvalue weighted by Crippen LogP contribution is 2.19. The third kappa shape index (κ3) is 6.72. The summed E-state index contributed by atoms with van der Waals surface area (Å²) >= 11 is 5.61. The fraction of sp³-hybridized carbons (Fsp3) is 0.267. The van der Waals surface area contributed by atoms with Gasteiger partial charge in [-0.05, 0) is 26.0 Å². The molecule has 23 heavy (non-hydrogen) atoms. The van der Waals surface area contributed by atoms with Crippen molar-refractivity contribution in [2.75, 3.05) is 24.7 Å². The molecule has 122 valence electrons. The van der Waals surface area contributed by atoms with Gasteiger partial charge in [0.05, 0.1) is 13.2 Å². The Labute approximate surface area is 140 Å². The van der Waals surface area contributed by atoms with Gasteiger partial charge in [0.15, 0.2) is 0 Å².